The van der Waals surface area contributed by atoms with Crippen molar-refractivity contribution in [2.24, 2.45) is 5.92 Å². The minimum atomic E-state index is -0.759. The summed E-state index contributed by atoms with van der Waals surface area (Å²) >= 11 is 0. The Morgan fingerprint density at radius 2 is 1.79 bits per heavy atom. The number of aliphatic carboxylic acids is 1. The van der Waals surface area contributed by atoms with E-state index in [1.807, 2.05) is 0 Å². The Morgan fingerprint density at radius 1 is 1.16 bits per heavy atom. The van der Waals surface area contributed by atoms with Crippen molar-refractivity contribution in [3.8, 4) is 0 Å². The molecule has 0 saturated heterocycles. The van der Waals surface area contributed by atoms with E-state index < -0.39 is 10.9 Å². The lowest BCUT2D eigenvalue weighted by Gasteiger charge is -2.21. The number of benzene rings is 1. The third-order valence-corrected chi connectivity index (χ3v) is 3.87. The van der Waals surface area contributed by atoms with Crippen molar-refractivity contribution in [1.82, 2.24) is 0 Å². The second-order valence-electron chi connectivity index (χ2n) is 5.04. The predicted octanol–water partition coefficient (Wildman–Crippen LogP) is 3.34. The molecule has 1 saturated carbocycles. The van der Waals surface area contributed by atoms with Crippen LogP contribution in [0.1, 0.15) is 43.6 Å². The molecule has 5 heteroatoms. The number of carboxylic acid groups (broad SMARTS) is 1. The number of nitrogens with zero attached hydrogens (tertiary/aromatic N) is 1. The van der Waals surface area contributed by atoms with Crippen molar-refractivity contribution in [2.75, 3.05) is 0 Å². The molecule has 1 aromatic rings. The Balaban J connectivity index is 2.25. The molecule has 2 rings (SSSR count). The first-order valence-electron chi connectivity index (χ1n) is 6.57. The van der Waals surface area contributed by atoms with Gasteiger partial charge in [0, 0.05) is 12.1 Å². The number of hydrogen-bond acceptors (Lipinski definition) is 3. The highest BCUT2D eigenvalue weighted by atomic mass is 16.6. The Bertz CT molecular complexity index is 469. The maximum absolute atomic E-state index is 11.4. The highest BCUT2D eigenvalue weighted by Crippen LogP contribution is 2.37. The van der Waals surface area contributed by atoms with Crippen LogP contribution in [0.5, 0.6) is 0 Å². The molecule has 0 radical (unpaired) electrons. The van der Waals surface area contributed by atoms with Crippen LogP contribution in [0.25, 0.3) is 0 Å². The molecule has 19 heavy (non-hydrogen) atoms. The van der Waals surface area contributed by atoms with Crippen LogP contribution in [-0.4, -0.2) is 16.0 Å². The average Bonchev–Trinajstić information content (AvgIpc) is 2.64. The molecule has 0 aliphatic heterocycles. The van der Waals surface area contributed by atoms with Gasteiger partial charge in [0.1, 0.15) is 0 Å². The van der Waals surface area contributed by atoms with Crippen LogP contribution in [-0.2, 0) is 4.79 Å². The molecule has 1 aliphatic rings. The van der Waals surface area contributed by atoms with Crippen molar-refractivity contribution in [3.63, 3.8) is 0 Å². The minimum absolute atomic E-state index is 0.0270. The van der Waals surface area contributed by atoms with Gasteiger partial charge >= 0.3 is 5.97 Å². The van der Waals surface area contributed by atoms with E-state index in [1.54, 1.807) is 12.1 Å². The summed E-state index contributed by atoms with van der Waals surface area (Å²) in [5.41, 5.74) is 0.948. The average molecular weight is 263 g/mol. The topological polar surface area (TPSA) is 80.4 Å². The van der Waals surface area contributed by atoms with Crippen LogP contribution in [0.3, 0.4) is 0 Å². The molecule has 102 valence electrons. The molecule has 2 atom stereocenters. The summed E-state index contributed by atoms with van der Waals surface area (Å²) in [7, 11) is 0. The standard InChI is InChI=1S/C14H17NO4/c16-14(17)13-5-3-1-2-4-12(13)10-6-8-11(9-7-10)15(18)19/h6-9,12-13H,1-5H2,(H,16,17). The van der Waals surface area contributed by atoms with Gasteiger partial charge in [0.15, 0.2) is 0 Å². The van der Waals surface area contributed by atoms with E-state index in [0.717, 1.165) is 31.2 Å². The summed E-state index contributed by atoms with van der Waals surface area (Å²) in [5, 5.41) is 20.0. The largest absolute Gasteiger partial charge is 0.481 e. The molecule has 0 aromatic heterocycles. The van der Waals surface area contributed by atoms with Gasteiger partial charge in [-0.15, -0.1) is 0 Å². The first-order chi connectivity index (χ1) is 9.09. The summed E-state index contributed by atoms with van der Waals surface area (Å²) in [6, 6.07) is 6.31. The lowest BCUT2D eigenvalue weighted by molar-refractivity contribution is -0.384. The maximum Gasteiger partial charge on any atom is 0.307 e. The number of nitro groups is 1. The first-order valence-corrected chi connectivity index (χ1v) is 6.57. The van der Waals surface area contributed by atoms with Crippen molar-refractivity contribution >= 4 is 11.7 Å². The van der Waals surface area contributed by atoms with Crippen molar-refractivity contribution in [1.29, 1.82) is 0 Å². The zero-order valence-electron chi connectivity index (χ0n) is 10.6. The Labute approximate surface area is 111 Å². The normalized spacial score (nSPS) is 23.6. The van der Waals surface area contributed by atoms with Gasteiger partial charge in [-0.05, 0) is 24.3 Å². The number of carbonyl (C=O) groups is 1. The number of non-ortho nitro benzene ring substituents is 1. The smallest absolute Gasteiger partial charge is 0.307 e. The SMILES string of the molecule is O=C(O)C1CCCCCC1c1ccc([N+](=O)[O-])cc1. The van der Waals surface area contributed by atoms with Gasteiger partial charge in [-0.3, -0.25) is 14.9 Å². The minimum Gasteiger partial charge on any atom is -0.481 e. The second-order valence-corrected chi connectivity index (χ2v) is 5.04. The highest BCUT2D eigenvalue weighted by Gasteiger charge is 2.30. The van der Waals surface area contributed by atoms with E-state index >= 15 is 0 Å². The highest BCUT2D eigenvalue weighted by molar-refractivity contribution is 5.71. The van der Waals surface area contributed by atoms with Crippen LogP contribution >= 0.6 is 0 Å². The van der Waals surface area contributed by atoms with Crippen molar-refractivity contribution in [2.45, 2.75) is 38.0 Å². The summed E-state index contributed by atoms with van der Waals surface area (Å²) in [4.78, 5) is 21.5. The quantitative estimate of drug-likeness (QED) is 0.515. The molecular weight excluding hydrogens is 246 g/mol. The number of nitro benzene ring substituents is 1. The zero-order valence-corrected chi connectivity index (χ0v) is 10.6. The van der Waals surface area contributed by atoms with Crippen LogP contribution in [0.4, 0.5) is 5.69 Å². The fourth-order valence-corrected chi connectivity index (χ4v) is 2.85. The van der Waals surface area contributed by atoms with Gasteiger partial charge in [-0.1, -0.05) is 31.4 Å². The van der Waals surface area contributed by atoms with Crippen molar-refractivity contribution in [3.05, 3.63) is 39.9 Å². The van der Waals surface area contributed by atoms with Gasteiger partial charge in [0.2, 0.25) is 0 Å². The van der Waals surface area contributed by atoms with E-state index in [9.17, 15) is 20.0 Å². The van der Waals surface area contributed by atoms with E-state index in [-0.39, 0.29) is 17.5 Å². The summed E-state index contributed by atoms with van der Waals surface area (Å²) in [6.45, 7) is 0. The zero-order chi connectivity index (χ0) is 13.8. The molecule has 0 amide bonds. The summed E-state index contributed by atoms with van der Waals surface area (Å²) < 4.78 is 0. The fraction of sp³-hybridized carbons (Fsp3) is 0.500. The maximum atomic E-state index is 11.4. The van der Waals surface area contributed by atoms with E-state index in [2.05, 4.69) is 0 Å². The number of carboxylic acids is 1. The molecule has 0 heterocycles. The third kappa shape index (κ3) is 3.10. The van der Waals surface area contributed by atoms with Gasteiger partial charge in [-0.2, -0.15) is 0 Å². The first kappa shape index (κ1) is 13.5. The molecule has 1 aromatic carbocycles. The van der Waals surface area contributed by atoms with Gasteiger partial charge in [-0.25, -0.2) is 0 Å². The molecule has 1 N–H and O–H groups in total. The van der Waals surface area contributed by atoms with Crippen LogP contribution in [0, 0.1) is 16.0 Å². The Hall–Kier alpha value is -1.91. The van der Waals surface area contributed by atoms with Gasteiger partial charge in [0.25, 0.3) is 5.69 Å². The van der Waals surface area contributed by atoms with E-state index in [1.165, 1.54) is 12.1 Å². The van der Waals surface area contributed by atoms with Crippen LogP contribution < -0.4 is 0 Å². The molecule has 0 spiro atoms. The van der Waals surface area contributed by atoms with Crippen LogP contribution in [0.15, 0.2) is 24.3 Å². The summed E-state index contributed by atoms with van der Waals surface area (Å²) in [5.74, 6) is -1.16. The Morgan fingerprint density at radius 3 is 2.37 bits per heavy atom. The molecular formula is C14H17NO4. The lowest BCUT2D eigenvalue weighted by atomic mass is 9.82. The van der Waals surface area contributed by atoms with E-state index in [0.29, 0.717) is 6.42 Å². The Kier molecular flexibility index (Phi) is 4.14. The predicted molar refractivity (Wildman–Crippen MR) is 70.0 cm³/mol. The molecule has 1 aliphatic carbocycles. The van der Waals surface area contributed by atoms with Gasteiger partial charge in [0.05, 0.1) is 10.8 Å². The van der Waals surface area contributed by atoms with Crippen LogP contribution in [0.2, 0.25) is 0 Å². The van der Waals surface area contributed by atoms with E-state index in [4.69, 9.17) is 0 Å². The molecule has 2 unspecified atom stereocenters. The molecule has 0 bridgehead atoms. The lowest BCUT2D eigenvalue weighted by Crippen LogP contribution is -2.21. The molecule has 5 nitrogen and oxygen atoms in total. The molecule has 1 fully saturated rings. The monoisotopic (exact) mass is 263 g/mol. The third-order valence-electron chi connectivity index (χ3n) is 3.87. The second kappa shape index (κ2) is 5.82. The van der Waals surface area contributed by atoms with Crippen molar-refractivity contribution < 1.29 is 14.8 Å². The fourth-order valence-electron chi connectivity index (χ4n) is 2.85. The number of rotatable bonds is 3. The number of hydrogen-bond donors (Lipinski definition) is 1. The van der Waals surface area contributed by atoms with Gasteiger partial charge < -0.3 is 5.11 Å². The summed E-state index contributed by atoms with van der Waals surface area (Å²) in [6.07, 6.45) is 4.56.